The second-order valence-corrected chi connectivity index (χ2v) is 8.63. The Bertz CT molecular complexity index is 621. The van der Waals surface area contributed by atoms with Gasteiger partial charge in [0.15, 0.2) is 0 Å². The van der Waals surface area contributed by atoms with E-state index in [9.17, 15) is 14.7 Å². The molecule has 1 saturated carbocycles. The molecule has 2 heterocycles. The number of carbonyl (C=O) groups excluding carboxylic acids is 1. The smallest absolute Gasteiger partial charge is 0.320 e. The largest absolute Gasteiger partial charge is 0.480 e. The van der Waals surface area contributed by atoms with Gasteiger partial charge in [-0.2, -0.15) is 0 Å². The molecule has 24 heavy (non-hydrogen) atoms. The molecule has 3 rings (SSSR count). The monoisotopic (exact) mass is 370 g/mol. The van der Waals surface area contributed by atoms with Crippen molar-refractivity contribution in [2.45, 2.75) is 50.7 Å². The van der Waals surface area contributed by atoms with Gasteiger partial charge in [0.1, 0.15) is 6.04 Å². The standard InChI is InChI=1S/C17H23ClN2O3S/c1-19(9-12-6-7-15(18)24-12)16(21)10-20-13-5-3-2-4-11(13)8-14(20)17(22)23/h6-7,11,13-14H,2-5,8-10H2,1H3,(H,22,23)/t11-,13-,14-/m0/s1. The van der Waals surface area contributed by atoms with Gasteiger partial charge in [-0.05, 0) is 37.3 Å². The first-order valence-electron chi connectivity index (χ1n) is 8.42. The third-order valence-corrected chi connectivity index (χ3v) is 6.49. The van der Waals surface area contributed by atoms with Crippen LogP contribution in [0.5, 0.6) is 0 Å². The number of thiophene rings is 1. The van der Waals surface area contributed by atoms with Crippen molar-refractivity contribution >= 4 is 34.8 Å². The number of likely N-dealkylation sites (N-methyl/N-ethyl adjacent to an activating group) is 1. The molecule has 3 atom stereocenters. The van der Waals surface area contributed by atoms with Crippen LogP contribution in [0.1, 0.15) is 37.0 Å². The van der Waals surface area contributed by atoms with Gasteiger partial charge in [-0.25, -0.2) is 0 Å². The summed E-state index contributed by atoms with van der Waals surface area (Å²) in [5.41, 5.74) is 0. The average Bonchev–Trinajstić information content (AvgIpc) is 3.11. The zero-order chi connectivity index (χ0) is 17.3. The van der Waals surface area contributed by atoms with Gasteiger partial charge in [-0.3, -0.25) is 14.5 Å². The highest BCUT2D eigenvalue weighted by molar-refractivity contribution is 7.16. The molecule has 0 radical (unpaired) electrons. The Morgan fingerprint density at radius 3 is 2.79 bits per heavy atom. The first kappa shape index (κ1) is 17.7. The summed E-state index contributed by atoms with van der Waals surface area (Å²) in [5.74, 6) is -0.407. The van der Waals surface area contributed by atoms with E-state index in [1.165, 1.54) is 17.8 Å². The molecule has 7 heteroatoms. The summed E-state index contributed by atoms with van der Waals surface area (Å²) in [4.78, 5) is 28.9. The number of likely N-dealkylation sites (tertiary alicyclic amines) is 1. The summed E-state index contributed by atoms with van der Waals surface area (Å²) >= 11 is 7.40. The summed E-state index contributed by atoms with van der Waals surface area (Å²) in [6.45, 7) is 0.698. The van der Waals surface area contributed by atoms with Gasteiger partial charge >= 0.3 is 5.97 Å². The summed E-state index contributed by atoms with van der Waals surface area (Å²) in [6, 6.07) is 3.47. The lowest BCUT2D eigenvalue weighted by atomic mass is 9.85. The fourth-order valence-electron chi connectivity index (χ4n) is 4.06. The number of hydrogen-bond donors (Lipinski definition) is 1. The number of carboxylic acid groups (broad SMARTS) is 1. The van der Waals surface area contributed by atoms with Crippen LogP contribution in [0, 0.1) is 5.92 Å². The Balaban J connectivity index is 1.65. The highest BCUT2D eigenvalue weighted by Crippen LogP contribution is 2.39. The van der Waals surface area contributed by atoms with Crippen LogP contribution in [-0.4, -0.2) is 52.5 Å². The number of aliphatic carboxylic acids is 1. The molecule has 0 unspecified atom stereocenters. The van der Waals surface area contributed by atoms with Crippen molar-refractivity contribution < 1.29 is 14.7 Å². The van der Waals surface area contributed by atoms with Crippen LogP contribution in [-0.2, 0) is 16.1 Å². The molecule has 0 bridgehead atoms. The fourth-order valence-corrected chi connectivity index (χ4v) is 5.20. The van der Waals surface area contributed by atoms with Crippen LogP contribution in [0.4, 0.5) is 0 Å². The minimum Gasteiger partial charge on any atom is -0.480 e. The molecule has 2 aliphatic rings. The minimum atomic E-state index is -0.801. The van der Waals surface area contributed by atoms with Crippen LogP contribution in [0.3, 0.4) is 0 Å². The maximum atomic E-state index is 12.6. The number of hydrogen-bond acceptors (Lipinski definition) is 4. The van der Waals surface area contributed by atoms with Gasteiger partial charge in [0, 0.05) is 18.0 Å². The molecular weight excluding hydrogens is 348 g/mol. The van der Waals surface area contributed by atoms with Gasteiger partial charge < -0.3 is 10.0 Å². The van der Waals surface area contributed by atoms with Crippen molar-refractivity contribution in [3.05, 3.63) is 21.3 Å². The number of carbonyl (C=O) groups is 2. The molecule has 2 fully saturated rings. The van der Waals surface area contributed by atoms with Crippen molar-refractivity contribution in [2.24, 2.45) is 5.92 Å². The van der Waals surface area contributed by atoms with Crippen LogP contribution in [0.15, 0.2) is 12.1 Å². The second-order valence-electron chi connectivity index (χ2n) is 6.83. The van der Waals surface area contributed by atoms with Crippen LogP contribution >= 0.6 is 22.9 Å². The first-order valence-corrected chi connectivity index (χ1v) is 9.62. The van der Waals surface area contributed by atoms with Gasteiger partial charge in [-0.1, -0.05) is 24.4 Å². The van der Waals surface area contributed by atoms with E-state index in [0.29, 0.717) is 23.2 Å². The number of halogens is 1. The van der Waals surface area contributed by atoms with Gasteiger partial charge in [0.25, 0.3) is 0 Å². The molecule has 1 aromatic rings. The van der Waals surface area contributed by atoms with E-state index in [1.807, 2.05) is 17.0 Å². The Hall–Kier alpha value is -1.11. The summed E-state index contributed by atoms with van der Waals surface area (Å²) in [5, 5.41) is 9.54. The number of fused-ring (bicyclic) bond motifs is 1. The zero-order valence-electron chi connectivity index (χ0n) is 13.8. The van der Waals surface area contributed by atoms with E-state index < -0.39 is 12.0 Å². The number of carboxylic acids is 1. The maximum Gasteiger partial charge on any atom is 0.320 e. The molecule has 1 saturated heterocycles. The first-order chi connectivity index (χ1) is 11.5. The Labute approximate surface area is 151 Å². The molecule has 0 spiro atoms. The normalized spacial score (nSPS) is 27.0. The quantitative estimate of drug-likeness (QED) is 0.865. The summed E-state index contributed by atoms with van der Waals surface area (Å²) in [7, 11) is 1.76. The lowest BCUT2D eigenvalue weighted by Crippen LogP contribution is -2.47. The van der Waals surface area contributed by atoms with E-state index in [-0.39, 0.29) is 18.5 Å². The van der Waals surface area contributed by atoms with Gasteiger partial charge in [0.2, 0.25) is 5.91 Å². The van der Waals surface area contributed by atoms with E-state index in [4.69, 9.17) is 11.6 Å². The average molecular weight is 371 g/mol. The summed E-state index contributed by atoms with van der Waals surface area (Å²) in [6.07, 6.45) is 5.07. The minimum absolute atomic E-state index is 0.0306. The Morgan fingerprint density at radius 2 is 2.12 bits per heavy atom. The summed E-state index contributed by atoms with van der Waals surface area (Å²) < 4.78 is 0.710. The number of amides is 1. The fraction of sp³-hybridized carbons (Fsp3) is 0.647. The molecule has 1 aromatic heterocycles. The lowest BCUT2D eigenvalue weighted by Gasteiger charge is -2.33. The molecular formula is C17H23ClN2O3S. The lowest BCUT2D eigenvalue weighted by molar-refractivity contribution is -0.144. The van der Waals surface area contributed by atoms with Crippen molar-refractivity contribution in [1.82, 2.24) is 9.80 Å². The maximum absolute atomic E-state index is 12.6. The highest BCUT2D eigenvalue weighted by atomic mass is 35.5. The van der Waals surface area contributed by atoms with Crippen LogP contribution < -0.4 is 0 Å². The SMILES string of the molecule is CN(Cc1ccc(Cl)s1)C(=O)CN1[C@H](C(=O)O)C[C@@H]2CCCC[C@@H]21. The number of rotatable bonds is 5. The van der Waals surface area contributed by atoms with Crippen molar-refractivity contribution in [3.8, 4) is 0 Å². The van der Waals surface area contributed by atoms with Crippen LogP contribution in [0.2, 0.25) is 4.34 Å². The Morgan fingerprint density at radius 1 is 1.38 bits per heavy atom. The molecule has 1 aliphatic carbocycles. The van der Waals surface area contributed by atoms with Crippen molar-refractivity contribution in [2.75, 3.05) is 13.6 Å². The third kappa shape index (κ3) is 3.76. The molecule has 1 N–H and O–H groups in total. The Kier molecular flexibility index (Phi) is 5.47. The van der Waals surface area contributed by atoms with E-state index in [2.05, 4.69) is 0 Å². The van der Waals surface area contributed by atoms with Gasteiger partial charge in [0.05, 0.1) is 17.4 Å². The topological polar surface area (TPSA) is 60.9 Å². The molecule has 5 nitrogen and oxygen atoms in total. The highest BCUT2D eigenvalue weighted by Gasteiger charge is 2.45. The zero-order valence-corrected chi connectivity index (χ0v) is 15.4. The van der Waals surface area contributed by atoms with E-state index in [1.54, 1.807) is 11.9 Å². The predicted octanol–water partition coefficient (Wildman–Crippen LogP) is 3.08. The van der Waals surface area contributed by atoms with Gasteiger partial charge in [-0.15, -0.1) is 11.3 Å². The van der Waals surface area contributed by atoms with Crippen molar-refractivity contribution in [1.29, 1.82) is 0 Å². The predicted molar refractivity (Wildman–Crippen MR) is 94.3 cm³/mol. The molecule has 1 amide bonds. The second kappa shape index (κ2) is 7.42. The number of nitrogens with zero attached hydrogens (tertiary/aromatic N) is 2. The molecule has 132 valence electrons. The molecule has 1 aliphatic heterocycles. The molecule has 0 aromatic carbocycles. The van der Waals surface area contributed by atoms with E-state index in [0.717, 1.165) is 24.1 Å². The van der Waals surface area contributed by atoms with Crippen LogP contribution in [0.25, 0.3) is 0 Å². The van der Waals surface area contributed by atoms with E-state index >= 15 is 0 Å². The third-order valence-electron chi connectivity index (χ3n) is 5.27. The van der Waals surface area contributed by atoms with Crippen molar-refractivity contribution in [3.63, 3.8) is 0 Å².